The van der Waals surface area contributed by atoms with Crippen LogP contribution in [0, 0.1) is 10.5 Å². The summed E-state index contributed by atoms with van der Waals surface area (Å²) in [6.45, 7) is 3.68. The topological polar surface area (TPSA) is 103 Å². The first kappa shape index (κ1) is 19.7. The van der Waals surface area contributed by atoms with Gasteiger partial charge in [0, 0.05) is 34.6 Å². The number of carboxylic acid groups (broad SMARTS) is 1. The highest BCUT2D eigenvalue weighted by atomic mass is 127. The zero-order valence-corrected chi connectivity index (χ0v) is 18.4. The lowest BCUT2D eigenvalue weighted by Gasteiger charge is -2.33. The number of H-pyrrole nitrogens is 1. The van der Waals surface area contributed by atoms with Gasteiger partial charge in [-0.25, -0.2) is 14.8 Å². The number of pyridine rings is 1. The van der Waals surface area contributed by atoms with E-state index in [9.17, 15) is 4.79 Å². The number of halogens is 1. The molecule has 0 atom stereocenters. The first-order chi connectivity index (χ1) is 14.0. The summed E-state index contributed by atoms with van der Waals surface area (Å²) >= 11 is 2.26. The molecule has 152 valence electrons. The second-order valence-electron chi connectivity index (χ2n) is 7.13. The Morgan fingerprint density at radius 3 is 2.83 bits per heavy atom. The second kappa shape index (κ2) is 8.05. The number of imidazole rings is 1. The molecular formula is C20H22IN5O3. The average molecular weight is 507 g/mol. The van der Waals surface area contributed by atoms with Crippen molar-refractivity contribution in [2.75, 3.05) is 25.1 Å². The number of piperidine rings is 1. The zero-order valence-electron chi connectivity index (χ0n) is 16.2. The number of hydrogen-bond acceptors (Lipinski definition) is 5. The van der Waals surface area contributed by atoms with E-state index in [2.05, 4.69) is 61.8 Å². The number of nitrogens with one attached hydrogen (secondary N) is 2. The average Bonchev–Trinajstić information content (AvgIpc) is 3.12. The Morgan fingerprint density at radius 1 is 1.38 bits per heavy atom. The molecule has 0 bridgehead atoms. The Bertz CT molecular complexity index is 1060. The van der Waals surface area contributed by atoms with Gasteiger partial charge in [-0.2, -0.15) is 0 Å². The van der Waals surface area contributed by atoms with E-state index >= 15 is 0 Å². The van der Waals surface area contributed by atoms with Gasteiger partial charge in [0.05, 0.1) is 23.7 Å². The Hall–Kier alpha value is -2.56. The third-order valence-electron chi connectivity index (χ3n) is 5.25. The molecule has 3 aromatic rings. The van der Waals surface area contributed by atoms with Gasteiger partial charge in [0.2, 0.25) is 5.88 Å². The minimum Gasteiger partial charge on any atom is -0.480 e. The van der Waals surface area contributed by atoms with Crippen LogP contribution in [0.4, 0.5) is 10.5 Å². The predicted molar refractivity (Wildman–Crippen MR) is 120 cm³/mol. The fourth-order valence-electron chi connectivity index (χ4n) is 3.82. The fraction of sp³-hybridized carbons (Fsp3) is 0.350. The molecule has 1 aliphatic heterocycles. The summed E-state index contributed by atoms with van der Waals surface area (Å²) in [6, 6.07) is 6.20. The van der Waals surface area contributed by atoms with Crippen LogP contribution in [0.5, 0.6) is 5.88 Å². The van der Waals surface area contributed by atoms with Gasteiger partial charge in [-0.15, -0.1) is 0 Å². The number of amides is 1. The van der Waals surface area contributed by atoms with Gasteiger partial charge in [0.15, 0.2) is 0 Å². The molecule has 0 radical (unpaired) electrons. The van der Waals surface area contributed by atoms with Crippen LogP contribution in [0.3, 0.4) is 0 Å². The van der Waals surface area contributed by atoms with Gasteiger partial charge in [-0.3, -0.25) is 0 Å². The van der Waals surface area contributed by atoms with Crippen molar-refractivity contribution in [1.29, 1.82) is 0 Å². The van der Waals surface area contributed by atoms with Crippen molar-refractivity contribution in [2.24, 2.45) is 0 Å². The summed E-state index contributed by atoms with van der Waals surface area (Å²) in [4.78, 5) is 25.7. The van der Waals surface area contributed by atoms with E-state index < -0.39 is 6.09 Å². The van der Waals surface area contributed by atoms with Gasteiger partial charge in [-0.05, 0) is 66.1 Å². The molecule has 1 fully saturated rings. The molecule has 0 aliphatic carbocycles. The number of rotatable bonds is 4. The molecule has 3 N–H and O–H groups in total. The van der Waals surface area contributed by atoms with Gasteiger partial charge in [0.1, 0.15) is 5.82 Å². The number of hydrogen-bond donors (Lipinski definition) is 3. The van der Waals surface area contributed by atoms with E-state index in [1.807, 2.05) is 6.07 Å². The highest BCUT2D eigenvalue weighted by molar-refractivity contribution is 14.1. The lowest BCUT2D eigenvalue weighted by atomic mass is 10.0. The van der Waals surface area contributed by atoms with Crippen molar-refractivity contribution in [3.05, 3.63) is 33.5 Å². The third kappa shape index (κ3) is 3.96. The van der Waals surface area contributed by atoms with Gasteiger partial charge >= 0.3 is 6.09 Å². The number of benzene rings is 1. The highest BCUT2D eigenvalue weighted by Gasteiger charge is 2.22. The molecule has 8 nitrogen and oxygen atoms in total. The zero-order chi connectivity index (χ0) is 20.5. The van der Waals surface area contributed by atoms with Crippen LogP contribution < -0.4 is 15.0 Å². The number of methoxy groups -OCH3 is 1. The van der Waals surface area contributed by atoms with Crippen molar-refractivity contribution < 1.29 is 14.6 Å². The number of aryl methyl sites for hydroxylation is 1. The number of carbonyl (C=O) groups is 1. The normalized spacial score (nSPS) is 14.9. The Kier molecular flexibility index (Phi) is 5.48. The summed E-state index contributed by atoms with van der Waals surface area (Å²) in [7, 11) is 1.61. The maximum atomic E-state index is 10.8. The summed E-state index contributed by atoms with van der Waals surface area (Å²) in [5, 5.41) is 11.5. The lowest BCUT2D eigenvalue weighted by Crippen LogP contribution is -2.44. The van der Waals surface area contributed by atoms with Gasteiger partial charge < -0.3 is 25.0 Å². The minimum atomic E-state index is -0.953. The van der Waals surface area contributed by atoms with Crippen molar-refractivity contribution >= 4 is 45.4 Å². The molecule has 2 aromatic heterocycles. The Labute approximate surface area is 181 Å². The van der Waals surface area contributed by atoms with Gasteiger partial charge in [0.25, 0.3) is 0 Å². The van der Waals surface area contributed by atoms with E-state index in [1.165, 1.54) is 0 Å². The molecule has 1 aliphatic rings. The lowest BCUT2D eigenvalue weighted by molar-refractivity contribution is 0.187. The smallest absolute Gasteiger partial charge is 0.404 e. The van der Waals surface area contributed by atoms with Crippen LogP contribution in [0.2, 0.25) is 0 Å². The molecule has 0 unspecified atom stereocenters. The van der Waals surface area contributed by atoms with Crippen LogP contribution >= 0.6 is 22.6 Å². The molecule has 9 heteroatoms. The molecule has 4 rings (SSSR count). The molecule has 29 heavy (non-hydrogen) atoms. The van der Waals surface area contributed by atoms with Crippen LogP contribution in [-0.4, -0.2) is 52.4 Å². The van der Waals surface area contributed by atoms with Crippen molar-refractivity contribution in [1.82, 2.24) is 20.3 Å². The van der Waals surface area contributed by atoms with E-state index in [0.29, 0.717) is 5.88 Å². The van der Waals surface area contributed by atoms with Crippen molar-refractivity contribution in [3.8, 4) is 17.3 Å². The van der Waals surface area contributed by atoms with E-state index in [1.54, 1.807) is 13.3 Å². The number of fused-ring (bicyclic) bond motifs is 1. The highest BCUT2D eigenvalue weighted by Crippen LogP contribution is 2.34. The van der Waals surface area contributed by atoms with Gasteiger partial charge in [-0.1, -0.05) is 0 Å². The molecule has 1 saturated heterocycles. The molecule has 3 heterocycles. The van der Waals surface area contributed by atoms with E-state index in [-0.39, 0.29) is 6.04 Å². The van der Waals surface area contributed by atoms with E-state index in [4.69, 9.17) is 14.8 Å². The molecule has 0 saturated carbocycles. The first-order valence-electron chi connectivity index (χ1n) is 9.40. The van der Waals surface area contributed by atoms with Crippen LogP contribution in [0.15, 0.2) is 24.4 Å². The molecule has 1 amide bonds. The monoisotopic (exact) mass is 507 g/mol. The first-order valence-corrected chi connectivity index (χ1v) is 10.5. The molecular weight excluding hydrogens is 485 g/mol. The van der Waals surface area contributed by atoms with Crippen LogP contribution in [-0.2, 0) is 0 Å². The standard InChI is InChI=1S/C20H22IN5O3/c1-11-9-13(26-7-4-12(5-8-26)23-20(27)28)10-15-17(11)25-18(24-15)16-14(21)3-6-22-19(16)29-2/h3,6,9-10,12,23H,4-5,7-8H2,1-2H3,(H,24,25)(H,27,28). The largest absolute Gasteiger partial charge is 0.480 e. The quantitative estimate of drug-likeness (QED) is 0.465. The minimum absolute atomic E-state index is 0.0208. The number of nitrogens with zero attached hydrogens (tertiary/aromatic N) is 3. The second-order valence-corrected chi connectivity index (χ2v) is 8.29. The number of aromatic amines is 1. The predicted octanol–water partition coefficient (Wildman–Crippen LogP) is 3.78. The van der Waals surface area contributed by atoms with Crippen LogP contribution in [0.25, 0.3) is 22.4 Å². The molecule has 0 spiro atoms. The maximum absolute atomic E-state index is 10.8. The Morgan fingerprint density at radius 2 is 2.14 bits per heavy atom. The summed E-state index contributed by atoms with van der Waals surface area (Å²) in [5.41, 5.74) is 4.94. The number of aromatic nitrogens is 3. The summed E-state index contributed by atoms with van der Waals surface area (Å²) in [6.07, 6.45) is 2.36. The SMILES string of the molecule is COc1nccc(I)c1-c1nc2c(C)cc(N3CCC(NC(=O)O)CC3)cc2[nH]1. The van der Waals surface area contributed by atoms with Crippen molar-refractivity contribution in [2.45, 2.75) is 25.8 Å². The summed E-state index contributed by atoms with van der Waals surface area (Å²) in [5.74, 6) is 1.28. The Balaban J connectivity index is 1.65. The maximum Gasteiger partial charge on any atom is 0.404 e. The third-order valence-corrected chi connectivity index (χ3v) is 6.14. The summed E-state index contributed by atoms with van der Waals surface area (Å²) < 4.78 is 6.44. The molecule has 1 aromatic carbocycles. The van der Waals surface area contributed by atoms with E-state index in [0.717, 1.165) is 63.2 Å². The fourth-order valence-corrected chi connectivity index (χ4v) is 4.47. The van der Waals surface area contributed by atoms with Crippen LogP contribution in [0.1, 0.15) is 18.4 Å². The van der Waals surface area contributed by atoms with Crippen molar-refractivity contribution in [3.63, 3.8) is 0 Å². The number of anilines is 1. The number of ether oxygens (including phenoxy) is 1.